The number of hydrogen-bond donors (Lipinski definition) is 0. The van der Waals surface area contributed by atoms with Gasteiger partial charge in [-0.15, -0.1) is 19.7 Å². The van der Waals surface area contributed by atoms with Crippen LogP contribution in [-0.2, 0) is 28.8 Å². The minimum absolute atomic E-state index is 0.120. The van der Waals surface area contributed by atoms with Crippen LogP contribution in [0, 0.1) is 35.5 Å². The highest BCUT2D eigenvalue weighted by Gasteiger charge is 2.55. The van der Waals surface area contributed by atoms with Crippen LogP contribution in [-0.4, -0.2) is 92.9 Å². The van der Waals surface area contributed by atoms with E-state index in [0.29, 0.717) is 35.5 Å². The predicted molar refractivity (Wildman–Crippen MR) is 552 cm³/mol. The van der Waals surface area contributed by atoms with Crippen molar-refractivity contribution in [2.24, 2.45) is 35.5 Å². The van der Waals surface area contributed by atoms with Gasteiger partial charge in [0.2, 0.25) is 0 Å². The second-order valence-corrected chi connectivity index (χ2v) is 85.9. The van der Waals surface area contributed by atoms with E-state index in [1.165, 1.54) is 57.8 Å². The summed E-state index contributed by atoms with van der Waals surface area (Å²) in [5, 5.41) is 0.768. The van der Waals surface area contributed by atoms with Gasteiger partial charge in [-0.05, 0) is 266 Å². The normalized spacial score (nSPS) is 17.8. The maximum Gasteiger partial charge on any atom is 0.314 e. The van der Waals surface area contributed by atoms with Gasteiger partial charge >= 0.3 is 25.7 Å². The third kappa shape index (κ3) is 59.9. The molecule has 2 rings (SSSR count). The van der Waals surface area contributed by atoms with Crippen molar-refractivity contribution in [3.05, 3.63) is 38.0 Å². The second-order valence-electron chi connectivity index (χ2n) is 38.3. The lowest BCUT2D eigenvalue weighted by Gasteiger charge is -2.50. The van der Waals surface area contributed by atoms with Gasteiger partial charge in [0.05, 0.1) is 0 Å². The summed E-state index contributed by atoms with van der Waals surface area (Å²) >= 11 is 0. The summed E-state index contributed by atoms with van der Waals surface area (Å²) in [5.74, 6) is 3.88. The highest BCUT2D eigenvalue weighted by Crippen LogP contribution is 2.51. The molecule has 0 aromatic carbocycles. The summed E-state index contributed by atoms with van der Waals surface area (Å²) in [4.78, 5) is 0. The zero-order valence-corrected chi connectivity index (χ0v) is 100. The summed E-state index contributed by atoms with van der Waals surface area (Å²) in [7, 11) is -22.2. The van der Waals surface area contributed by atoms with Gasteiger partial charge in [0.1, 0.15) is 0 Å². The van der Waals surface area contributed by atoms with E-state index in [1.54, 1.807) is 0 Å². The smallest absolute Gasteiger partial charge is 0.314 e. The molecule has 0 heterocycles. The minimum atomic E-state index is -2.61. The molecule has 0 amide bonds. The van der Waals surface area contributed by atoms with Crippen LogP contribution < -0.4 is 0 Å². The SMILES string of the molecule is C=CC1CCC(C=C)C(C=C)C1.CC.CC.CC.CC.CC.CC.CC.CC.CC.CC.CC.CC.CC(C)(C)[Si](C)(C)O[Si](C)(CCC1CCC(CC[Si](C)(O[Si](C)(C)C(C)(C)C)O[Si](C)(C)C(C)(C)C)C(CC[Si](C)(O[Si](C)(C)C(C)(C)C)O[Si](C)(C)C(C)(C)C)C1)O[Si](C)(C)C(C)(C)C.C[SiH](C)O[Si](C)(C)C. The van der Waals surface area contributed by atoms with Gasteiger partial charge in [-0.3, -0.25) is 0 Å². The van der Waals surface area contributed by atoms with Crippen molar-refractivity contribution < 1.29 is 28.8 Å². The number of allylic oxidation sites excluding steroid dienone is 3. The third-order valence-corrected chi connectivity index (χ3v) is 75.0. The molecule has 0 saturated heterocycles. The first kappa shape index (κ1) is 140. The molecule has 110 heavy (non-hydrogen) atoms. The standard InChI is InChI=1S/C51H120O6Si9.C12H18.C5H16OSi2.12C2H6/c1-46(2,3)58(19,20)52-64(31,53-59(21,22)47(4,5)6)39-36-43-34-35-44(37-40-65(32,54-60(23,24)48(7,8)9)55-61(25,26)49(10,11)12)45(42-43)38-41-66(33,56-62(27,28)50(13,14)15)57-63(29,30)51(16,17)18;1-4-10-7-8-11(5-2)12(6-3)9-10;1-7(2)6-8(3,4)5;12*1-2/h43-45H,34-42H2,1-33H3;4-6,10-12H,1-3,7-9H2;7H,1-5H3;12*1-2H3. The van der Waals surface area contributed by atoms with Gasteiger partial charge < -0.3 is 28.8 Å². The van der Waals surface area contributed by atoms with Gasteiger partial charge in [0.25, 0.3) is 0 Å². The molecule has 2 saturated carbocycles. The monoisotopic (exact) mass is 1750 g/mol. The molecule has 0 bridgehead atoms. The van der Waals surface area contributed by atoms with Crippen molar-refractivity contribution >= 4 is 92.9 Å². The Morgan fingerprint density at radius 2 is 0.500 bits per heavy atom. The Kier molecular flexibility index (Phi) is 85.3. The lowest BCUT2D eigenvalue weighted by atomic mass is 9.71. The van der Waals surface area contributed by atoms with Crippen LogP contribution in [0.1, 0.15) is 349 Å². The predicted octanol–water partition coefficient (Wildman–Crippen LogP) is 37.2. The zero-order chi connectivity index (χ0) is 92.6. The van der Waals surface area contributed by atoms with Crippen LogP contribution in [0.25, 0.3) is 0 Å². The molecule has 18 heteroatoms. The Hall–Kier alpha value is 1.33. The van der Waals surface area contributed by atoms with Crippen molar-refractivity contribution in [3.8, 4) is 0 Å². The third-order valence-electron chi connectivity index (χ3n) is 22.4. The van der Waals surface area contributed by atoms with Crippen LogP contribution in [0.4, 0.5) is 0 Å². The Bertz CT molecular complexity index is 1980. The summed E-state index contributed by atoms with van der Waals surface area (Å²) in [6, 6.07) is 3.21. The van der Waals surface area contributed by atoms with Crippen LogP contribution in [0.5, 0.6) is 0 Å². The molecule has 0 aliphatic heterocycles. The molecule has 7 nitrogen and oxygen atoms in total. The molecule has 680 valence electrons. The average molecular weight is 1750 g/mol. The fraction of sp³-hybridized carbons (Fsp3) is 0.935. The van der Waals surface area contributed by atoms with Crippen LogP contribution in [0.2, 0.25) is 179 Å². The zero-order valence-electron chi connectivity index (χ0n) is 89.2. The molecular formula is C92H226O7Si11. The Balaban J connectivity index is -0.000000159. The van der Waals surface area contributed by atoms with Crippen LogP contribution in [0.3, 0.4) is 0 Å². The topological polar surface area (TPSA) is 64.6 Å². The number of hydrogen-bond acceptors (Lipinski definition) is 7. The quantitative estimate of drug-likeness (QED) is 0.0631. The molecule has 0 spiro atoms. The molecule has 0 aromatic rings. The average Bonchev–Trinajstić information content (AvgIpc) is 0.789. The van der Waals surface area contributed by atoms with E-state index in [1.807, 2.05) is 166 Å². The van der Waals surface area contributed by atoms with E-state index in [2.05, 4.69) is 294 Å². The van der Waals surface area contributed by atoms with E-state index in [9.17, 15) is 0 Å². The lowest BCUT2D eigenvalue weighted by molar-refractivity contribution is 0.159. The molecule has 6 atom stereocenters. The van der Waals surface area contributed by atoms with Crippen molar-refractivity contribution in [1.29, 1.82) is 0 Å². The van der Waals surface area contributed by atoms with Crippen molar-refractivity contribution in [3.63, 3.8) is 0 Å². The van der Waals surface area contributed by atoms with Gasteiger partial charge in [0, 0.05) is 0 Å². The molecule has 2 aliphatic carbocycles. The maximum absolute atomic E-state index is 7.65. The molecule has 2 aliphatic rings. The summed E-state index contributed by atoms with van der Waals surface area (Å²) < 4.78 is 51.3. The highest BCUT2D eigenvalue weighted by molar-refractivity contribution is 6.92. The summed E-state index contributed by atoms with van der Waals surface area (Å²) in [6.45, 7) is 150. The molecular weight excluding hydrogens is 1530 g/mol. The molecule has 2 fully saturated rings. The fourth-order valence-electron chi connectivity index (χ4n) is 11.1. The Morgan fingerprint density at radius 1 is 0.282 bits per heavy atom. The molecule has 0 aromatic heterocycles. The van der Waals surface area contributed by atoms with E-state index in [-0.39, 0.29) is 30.2 Å². The Labute approximate surface area is 717 Å². The van der Waals surface area contributed by atoms with E-state index in [0.717, 1.165) is 18.1 Å². The summed E-state index contributed by atoms with van der Waals surface area (Å²) in [5.41, 5.74) is 0. The van der Waals surface area contributed by atoms with Crippen LogP contribution in [0.15, 0.2) is 38.0 Å². The number of rotatable bonds is 26. The first-order chi connectivity index (χ1) is 49.7. The lowest BCUT2D eigenvalue weighted by Crippen LogP contribution is -2.59. The molecule has 6 unspecified atom stereocenters. The van der Waals surface area contributed by atoms with Crippen molar-refractivity contribution in [2.75, 3.05) is 0 Å². The van der Waals surface area contributed by atoms with Crippen LogP contribution >= 0.6 is 0 Å². The first-order valence-electron chi connectivity index (χ1n) is 46.5. The van der Waals surface area contributed by atoms with E-state index >= 15 is 0 Å². The van der Waals surface area contributed by atoms with E-state index < -0.39 is 92.9 Å². The minimum Gasteiger partial charge on any atom is -0.458 e. The largest absolute Gasteiger partial charge is 0.458 e. The van der Waals surface area contributed by atoms with Crippen molar-refractivity contribution in [1.82, 2.24) is 0 Å². The van der Waals surface area contributed by atoms with Gasteiger partial charge in [-0.25, -0.2) is 0 Å². The molecule has 0 radical (unpaired) electrons. The highest BCUT2D eigenvalue weighted by atomic mass is 28.5. The first-order valence-corrected chi connectivity index (χ1v) is 77.7. The fourth-order valence-corrected chi connectivity index (χ4v) is 56.8. The maximum atomic E-state index is 7.65. The van der Waals surface area contributed by atoms with E-state index in [4.69, 9.17) is 28.8 Å². The molecule has 0 N–H and O–H groups in total. The second kappa shape index (κ2) is 67.0. The van der Waals surface area contributed by atoms with Gasteiger partial charge in [0.15, 0.2) is 67.3 Å². The summed E-state index contributed by atoms with van der Waals surface area (Å²) in [6.07, 6.45) is 17.3. The van der Waals surface area contributed by atoms with Crippen molar-refractivity contribution in [2.45, 2.75) is 528 Å². The Morgan fingerprint density at radius 3 is 0.682 bits per heavy atom. The van der Waals surface area contributed by atoms with Gasteiger partial charge in [-0.2, -0.15) is 0 Å². The van der Waals surface area contributed by atoms with Gasteiger partial charge in [-0.1, -0.05) is 315 Å².